The number of sulfone groups is 1. The maximum absolute atomic E-state index is 12.3. The van der Waals surface area contributed by atoms with Crippen molar-refractivity contribution in [3.05, 3.63) is 53.3 Å². The molecule has 0 radical (unpaired) electrons. The van der Waals surface area contributed by atoms with Crippen LogP contribution in [-0.2, 0) is 14.6 Å². The fourth-order valence-corrected chi connectivity index (χ4v) is 3.72. The second-order valence-electron chi connectivity index (χ2n) is 4.59. The first-order chi connectivity index (χ1) is 9.04. The lowest BCUT2D eigenvalue weighted by molar-refractivity contribution is 0.272. The Hall–Kier alpha value is -1.55. The lowest BCUT2D eigenvalue weighted by Crippen LogP contribution is -2.13. The van der Waals surface area contributed by atoms with E-state index in [0.29, 0.717) is 4.90 Å². The molecule has 2 rings (SSSR count). The molecule has 1 aromatic carbocycles. The summed E-state index contributed by atoms with van der Waals surface area (Å²) in [4.78, 5) is 0.369. The van der Waals surface area contributed by atoms with Gasteiger partial charge in [-0.2, -0.15) is 0 Å². The molecule has 4 heteroatoms. The topological polar surface area (TPSA) is 43.4 Å². The largest absolute Gasteiger partial charge is 0.501 e. The number of hydrogen-bond acceptors (Lipinski definition) is 3. The van der Waals surface area contributed by atoms with Crippen molar-refractivity contribution in [1.82, 2.24) is 0 Å². The summed E-state index contributed by atoms with van der Waals surface area (Å²) in [6.45, 7) is 1.92. The smallest absolute Gasteiger partial charge is 0.182 e. The molecule has 0 heterocycles. The zero-order valence-corrected chi connectivity index (χ0v) is 12.0. The molecule has 0 saturated heterocycles. The van der Waals surface area contributed by atoms with Crippen molar-refractivity contribution in [3.63, 3.8) is 0 Å². The van der Waals surface area contributed by atoms with E-state index in [1.54, 1.807) is 31.4 Å². The van der Waals surface area contributed by atoms with Crippen LogP contribution >= 0.6 is 0 Å². The molecule has 0 aliphatic heterocycles. The van der Waals surface area contributed by atoms with Crippen LogP contribution in [0.5, 0.6) is 0 Å². The Kier molecular flexibility index (Phi) is 4.10. The monoisotopic (exact) mass is 278 g/mol. The van der Waals surface area contributed by atoms with E-state index in [0.717, 1.165) is 29.7 Å². The quantitative estimate of drug-likeness (QED) is 0.850. The summed E-state index contributed by atoms with van der Waals surface area (Å²) < 4.78 is 30.0. The predicted octanol–water partition coefficient (Wildman–Crippen LogP) is 3.10. The van der Waals surface area contributed by atoms with Crippen LogP contribution in [0, 0.1) is 0 Å². The molecule has 1 aliphatic carbocycles. The van der Waals surface area contributed by atoms with Crippen LogP contribution in [0.2, 0.25) is 0 Å². The van der Waals surface area contributed by atoms with Crippen LogP contribution in [0.3, 0.4) is 0 Å². The molecular formula is C15H18O3S. The van der Waals surface area contributed by atoms with Gasteiger partial charge in [-0.3, -0.25) is 0 Å². The van der Waals surface area contributed by atoms with Crippen molar-refractivity contribution in [1.29, 1.82) is 0 Å². The maximum Gasteiger partial charge on any atom is 0.182 e. The van der Waals surface area contributed by atoms with Crippen LogP contribution in [0.15, 0.2) is 58.2 Å². The SMILES string of the molecule is COC1=C(C)C(CS(=O)(=O)c2ccccc2)=CCC1. The summed E-state index contributed by atoms with van der Waals surface area (Å²) in [5.74, 6) is 0.927. The van der Waals surface area contributed by atoms with Gasteiger partial charge in [0.05, 0.1) is 23.5 Å². The predicted molar refractivity (Wildman–Crippen MR) is 75.5 cm³/mol. The van der Waals surface area contributed by atoms with Crippen LogP contribution in [0.4, 0.5) is 0 Å². The third-order valence-electron chi connectivity index (χ3n) is 3.36. The van der Waals surface area contributed by atoms with Gasteiger partial charge in [0.15, 0.2) is 9.84 Å². The number of methoxy groups -OCH3 is 1. The summed E-state index contributed by atoms with van der Waals surface area (Å²) >= 11 is 0. The van der Waals surface area contributed by atoms with Gasteiger partial charge in [0, 0.05) is 6.42 Å². The Morgan fingerprint density at radius 1 is 1.21 bits per heavy atom. The third kappa shape index (κ3) is 3.07. The first-order valence-electron chi connectivity index (χ1n) is 6.25. The number of ether oxygens (including phenoxy) is 1. The summed E-state index contributed by atoms with van der Waals surface area (Å²) in [5, 5.41) is 0. The van der Waals surface area contributed by atoms with Gasteiger partial charge in [-0.1, -0.05) is 24.3 Å². The van der Waals surface area contributed by atoms with Gasteiger partial charge < -0.3 is 4.74 Å². The molecule has 0 spiro atoms. The van der Waals surface area contributed by atoms with E-state index in [9.17, 15) is 8.42 Å². The summed E-state index contributed by atoms with van der Waals surface area (Å²) in [6.07, 6.45) is 3.68. The number of hydrogen-bond donors (Lipinski definition) is 0. The van der Waals surface area contributed by atoms with E-state index in [1.165, 1.54) is 0 Å². The van der Waals surface area contributed by atoms with E-state index in [-0.39, 0.29) is 5.75 Å². The Labute approximate surface area is 114 Å². The molecule has 0 unspecified atom stereocenters. The summed E-state index contributed by atoms with van der Waals surface area (Å²) in [5.41, 5.74) is 1.81. The van der Waals surface area contributed by atoms with Gasteiger partial charge in [-0.05, 0) is 36.6 Å². The summed E-state index contributed by atoms with van der Waals surface area (Å²) in [6, 6.07) is 8.56. The maximum atomic E-state index is 12.3. The fraction of sp³-hybridized carbons (Fsp3) is 0.333. The highest BCUT2D eigenvalue weighted by molar-refractivity contribution is 7.91. The van der Waals surface area contributed by atoms with Gasteiger partial charge >= 0.3 is 0 Å². The van der Waals surface area contributed by atoms with E-state index < -0.39 is 9.84 Å². The van der Waals surface area contributed by atoms with E-state index in [4.69, 9.17) is 4.74 Å². The molecule has 0 atom stereocenters. The molecule has 0 saturated carbocycles. The molecule has 19 heavy (non-hydrogen) atoms. The third-order valence-corrected chi connectivity index (χ3v) is 5.04. The molecule has 3 nitrogen and oxygen atoms in total. The first kappa shape index (κ1) is 13.9. The fourth-order valence-electron chi connectivity index (χ4n) is 2.24. The Morgan fingerprint density at radius 3 is 2.53 bits per heavy atom. The average molecular weight is 278 g/mol. The minimum Gasteiger partial charge on any atom is -0.501 e. The number of allylic oxidation sites excluding steroid dienone is 3. The molecule has 102 valence electrons. The Balaban J connectivity index is 2.27. The van der Waals surface area contributed by atoms with Gasteiger partial charge in [0.1, 0.15) is 0 Å². The molecular weight excluding hydrogens is 260 g/mol. The normalized spacial score (nSPS) is 16.2. The van der Waals surface area contributed by atoms with Gasteiger partial charge in [0.2, 0.25) is 0 Å². The van der Waals surface area contributed by atoms with Gasteiger partial charge in [-0.25, -0.2) is 8.42 Å². The van der Waals surface area contributed by atoms with Crippen molar-refractivity contribution >= 4 is 9.84 Å². The highest BCUT2D eigenvalue weighted by atomic mass is 32.2. The van der Waals surface area contributed by atoms with Crippen molar-refractivity contribution < 1.29 is 13.2 Å². The molecule has 0 fully saturated rings. The van der Waals surface area contributed by atoms with Crippen molar-refractivity contribution in [2.75, 3.05) is 12.9 Å². The summed E-state index contributed by atoms with van der Waals surface area (Å²) in [7, 11) is -1.65. The Bertz CT molecular complexity index is 610. The highest BCUT2D eigenvalue weighted by Crippen LogP contribution is 2.27. The van der Waals surface area contributed by atoms with Crippen LogP contribution in [0.25, 0.3) is 0 Å². The number of rotatable bonds is 4. The standard InChI is InChI=1S/C15H18O3S/c1-12-13(7-6-10-15(12)18-2)11-19(16,17)14-8-4-3-5-9-14/h3-5,7-9H,6,10-11H2,1-2H3. The molecule has 0 N–H and O–H groups in total. The number of benzene rings is 1. The second kappa shape index (κ2) is 5.61. The highest BCUT2D eigenvalue weighted by Gasteiger charge is 2.21. The first-order valence-corrected chi connectivity index (χ1v) is 7.91. The van der Waals surface area contributed by atoms with Gasteiger partial charge in [-0.15, -0.1) is 0 Å². The zero-order valence-electron chi connectivity index (χ0n) is 11.2. The van der Waals surface area contributed by atoms with Gasteiger partial charge in [0.25, 0.3) is 0 Å². The van der Waals surface area contributed by atoms with E-state index in [2.05, 4.69) is 0 Å². The molecule has 0 bridgehead atoms. The van der Waals surface area contributed by atoms with Crippen LogP contribution in [0.1, 0.15) is 19.8 Å². The molecule has 0 aromatic heterocycles. The molecule has 0 amide bonds. The zero-order chi connectivity index (χ0) is 13.9. The lowest BCUT2D eigenvalue weighted by atomic mass is 9.99. The average Bonchev–Trinajstić information content (AvgIpc) is 2.42. The molecule has 1 aliphatic rings. The van der Waals surface area contributed by atoms with Crippen molar-refractivity contribution in [2.45, 2.75) is 24.7 Å². The minimum atomic E-state index is -3.28. The lowest BCUT2D eigenvalue weighted by Gasteiger charge is -2.18. The minimum absolute atomic E-state index is 0.0374. The van der Waals surface area contributed by atoms with Crippen molar-refractivity contribution in [3.8, 4) is 0 Å². The van der Waals surface area contributed by atoms with Crippen molar-refractivity contribution in [2.24, 2.45) is 0 Å². The van der Waals surface area contributed by atoms with Crippen LogP contribution in [-0.4, -0.2) is 21.3 Å². The molecule has 1 aromatic rings. The van der Waals surface area contributed by atoms with Crippen LogP contribution < -0.4 is 0 Å². The van der Waals surface area contributed by atoms with E-state index in [1.807, 2.05) is 19.1 Å². The second-order valence-corrected chi connectivity index (χ2v) is 6.58. The Morgan fingerprint density at radius 2 is 1.89 bits per heavy atom. The van der Waals surface area contributed by atoms with E-state index >= 15 is 0 Å².